The number of guanidine groups is 1. The Balaban J connectivity index is 1.77. The number of amides is 1. The fraction of sp³-hybridized carbons (Fsp3) is 0.647. The molecule has 1 amide bonds. The van der Waals surface area contributed by atoms with E-state index in [1.165, 1.54) is 4.88 Å². The summed E-state index contributed by atoms with van der Waals surface area (Å²) in [5.41, 5.74) is 0. The van der Waals surface area contributed by atoms with Crippen molar-refractivity contribution >= 4 is 23.4 Å². The van der Waals surface area contributed by atoms with Crippen molar-refractivity contribution in [1.82, 2.24) is 15.5 Å². The van der Waals surface area contributed by atoms with E-state index in [1.54, 1.807) is 16.2 Å². The van der Waals surface area contributed by atoms with Crippen LogP contribution in [0.4, 0.5) is 4.79 Å². The third-order valence-corrected chi connectivity index (χ3v) is 4.85. The molecule has 7 heteroatoms. The van der Waals surface area contributed by atoms with Gasteiger partial charge < -0.3 is 20.3 Å². The molecule has 1 aromatic rings. The molecular weight excluding hydrogens is 324 g/mol. The minimum atomic E-state index is -0.201. The first-order valence-electron chi connectivity index (χ1n) is 8.71. The number of hydrogen-bond donors (Lipinski definition) is 2. The Labute approximate surface area is 148 Å². The van der Waals surface area contributed by atoms with Gasteiger partial charge in [-0.25, -0.2) is 4.79 Å². The highest BCUT2D eigenvalue weighted by atomic mass is 32.1. The maximum Gasteiger partial charge on any atom is 0.409 e. The fourth-order valence-corrected chi connectivity index (χ4v) is 3.37. The molecule has 0 atom stereocenters. The minimum absolute atomic E-state index is 0.201. The summed E-state index contributed by atoms with van der Waals surface area (Å²) in [6.45, 7) is 7.40. The number of nitrogens with zero attached hydrogens (tertiary/aromatic N) is 2. The SMILES string of the molecule is CCNC(=NCCc1cccs1)NC1CCN(C(=O)OCC)CC1. The molecule has 1 fully saturated rings. The molecule has 0 saturated carbocycles. The predicted octanol–water partition coefficient (Wildman–Crippen LogP) is 2.47. The third-order valence-electron chi connectivity index (χ3n) is 3.91. The van der Waals surface area contributed by atoms with E-state index in [0.717, 1.165) is 51.4 Å². The zero-order valence-electron chi connectivity index (χ0n) is 14.6. The van der Waals surface area contributed by atoms with Crippen LogP contribution >= 0.6 is 11.3 Å². The standard InChI is InChI=1S/C17H28N4O2S/c1-3-18-16(19-10-7-15-6-5-13-24-15)20-14-8-11-21(12-9-14)17(22)23-4-2/h5-6,13-14H,3-4,7-12H2,1-2H3,(H2,18,19,20). The summed E-state index contributed by atoms with van der Waals surface area (Å²) in [5, 5.41) is 8.89. The maximum atomic E-state index is 11.7. The second kappa shape index (κ2) is 10.2. The van der Waals surface area contributed by atoms with Crippen LogP contribution in [0.15, 0.2) is 22.5 Å². The smallest absolute Gasteiger partial charge is 0.409 e. The molecule has 0 bridgehead atoms. The van der Waals surface area contributed by atoms with Crippen molar-refractivity contribution in [2.24, 2.45) is 4.99 Å². The molecule has 0 aliphatic carbocycles. The van der Waals surface area contributed by atoms with Gasteiger partial charge in [0.25, 0.3) is 0 Å². The molecule has 0 aromatic carbocycles. The first-order valence-corrected chi connectivity index (χ1v) is 9.59. The number of piperidine rings is 1. The van der Waals surface area contributed by atoms with Gasteiger partial charge in [-0.3, -0.25) is 4.99 Å². The molecule has 2 N–H and O–H groups in total. The molecule has 0 spiro atoms. The van der Waals surface area contributed by atoms with Crippen LogP contribution in [0.2, 0.25) is 0 Å². The summed E-state index contributed by atoms with van der Waals surface area (Å²) < 4.78 is 5.06. The van der Waals surface area contributed by atoms with E-state index in [4.69, 9.17) is 4.74 Å². The number of rotatable bonds is 6. The van der Waals surface area contributed by atoms with E-state index >= 15 is 0 Å². The lowest BCUT2D eigenvalue weighted by Crippen LogP contribution is -2.50. The normalized spacial score (nSPS) is 16.1. The van der Waals surface area contributed by atoms with Gasteiger partial charge in [0, 0.05) is 43.5 Å². The van der Waals surface area contributed by atoms with Crippen molar-refractivity contribution < 1.29 is 9.53 Å². The lowest BCUT2D eigenvalue weighted by molar-refractivity contribution is 0.0963. The van der Waals surface area contributed by atoms with Gasteiger partial charge in [-0.15, -0.1) is 11.3 Å². The van der Waals surface area contributed by atoms with Gasteiger partial charge in [0.15, 0.2) is 5.96 Å². The first kappa shape index (κ1) is 18.6. The molecule has 134 valence electrons. The summed E-state index contributed by atoms with van der Waals surface area (Å²) in [7, 11) is 0. The van der Waals surface area contributed by atoms with E-state index in [2.05, 4.69) is 40.1 Å². The molecular formula is C17H28N4O2S. The Kier molecular flexibility index (Phi) is 7.88. The third kappa shape index (κ3) is 6.03. The number of likely N-dealkylation sites (tertiary alicyclic amines) is 1. The summed E-state index contributed by atoms with van der Waals surface area (Å²) in [4.78, 5) is 19.5. The fourth-order valence-electron chi connectivity index (χ4n) is 2.67. The summed E-state index contributed by atoms with van der Waals surface area (Å²) >= 11 is 1.77. The van der Waals surface area contributed by atoms with Crippen molar-refractivity contribution in [3.05, 3.63) is 22.4 Å². The number of ether oxygens (including phenoxy) is 1. The number of nitrogens with one attached hydrogen (secondary N) is 2. The van der Waals surface area contributed by atoms with E-state index in [9.17, 15) is 4.79 Å². The van der Waals surface area contributed by atoms with Gasteiger partial charge in [0.1, 0.15) is 0 Å². The lowest BCUT2D eigenvalue weighted by Gasteiger charge is -2.32. The van der Waals surface area contributed by atoms with Gasteiger partial charge in [-0.2, -0.15) is 0 Å². The molecule has 1 aliphatic rings. The Hall–Kier alpha value is -1.76. The lowest BCUT2D eigenvalue weighted by atomic mass is 10.1. The Morgan fingerprint density at radius 1 is 1.42 bits per heavy atom. The van der Waals surface area contributed by atoms with Gasteiger partial charge in [0.05, 0.1) is 6.61 Å². The van der Waals surface area contributed by atoms with Crippen molar-refractivity contribution in [2.45, 2.75) is 39.2 Å². The Bertz CT molecular complexity index is 511. The second-order valence-electron chi connectivity index (χ2n) is 5.69. The van der Waals surface area contributed by atoms with Gasteiger partial charge in [-0.1, -0.05) is 6.07 Å². The van der Waals surface area contributed by atoms with Crippen molar-refractivity contribution in [1.29, 1.82) is 0 Å². The highest BCUT2D eigenvalue weighted by molar-refractivity contribution is 7.09. The van der Waals surface area contributed by atoms with Gasteiger partial charge >= 0.3 is 6.09 Å². The van der Waals surface area contributed by atoms with E-state index in [0.29, 0.717) is 12.6 Å². The molecule has 2 rings (SSSR count). The van der Waals surface area contributed by atoms with Crippen LogP contribution in [0.3, 0.4) is 0 Å². The van der Waals surface area contributed by atoms with Crippen molar-refractivity contribution in [3.63, 3.8) is 0 Å². The Morgan fingerprint density at radius 2 is 2.21 bits per heavy atom. The molecule has 1 aromatic heterocycles. The highest BCUT2D eigenvalue weighted by Crippen LogP contribution is 2.12. The summed E-state index contributed by atoms with van der Waals surface area (Å²) in [5.74, 6) is 0.864. The second-order valence-corrected chi connectivity index (χ2v) is 6.73. The van der Waals surface area contributed by atoms with Crippen LogP contribution in [-0.4, -0.2) is 55.8 Å². The highest BCUT2D eigenvalue weighted by Gasteiger charge is 2.23. The maximum absolute atomic E-state index is 11.7. The summed E-state index contributed by atoms with van der Waals surface area (Å²) in [6, 6.07) is 4.56. The molecule has 2 heterocycles. The number of aliphatic imine (C=N–C) groups is 1. The molecule has 24 heavy (non-hydrogen) atoms. The summed E-state index contributed by atoms with van der Waals surface area (Å²) in [6.07, 6.45) is 2.59. The number of hydrogen-bond acceptors (Lipinski definition) is 4. The quantitative estimate of drug-likeness (QED) is 0.610. The van der Waals surface area contributed by atoms with Crippen LogP contribution in [0.25, 0.3) is 0 Å². The van der Waals surface area contributed by atoms with Crippen LogP contribution < -0.4 is 10.6 Å². The number of carbonyl (C=O) groups excluding carboxylic acids is 1. The average molecular weight is 353 g/mol. The Morgan fingerprint density at radius 3 is 2.83 bits per heavy atom. The van der Waals surface area contributed by atoms with Crippen molar-refractivity contribution in [3.8, 4) is 0 Å². The van der Waals surface area contributed by atoms with Gasteiger partial charge in [-0.05, 0) is 38.1 Å². The number of carbonyl (C=O) groups is 1. The molecule has 0 radical (unpaired) electrons. The molecule has 6 nitrogen and oxygen atoms in total. The van der Waals surface area contributed by atoms with E-state index in [-0.39, 0.29) is 6.09 Å². The van der Waals surface area contributed by atoms with Gasteiger partial charge in [0.2, 0.25) is 0 Å². The largest absolute Gasteiger partial charge is 0.450 e. The average Bonchev–Trinajstić information content (AvgIpc) is 3.09. The molecule has 0 unspecified atom stereocenters. The molecule has 1 saturated heterocycles. The van der Waals surface area contributed by atoms with Crippen molar-refractivity contribution in [2.75, 3.05) is 32.8 Å². The zero-order chi connectivity index (χ0) is 17.2. The van der Waals surface area contributed by atoms with E-state index < -0.39 is 0 Å². The van der Waals surface area contributed by atoms with Crippen LogP contribution in [0.1, 0.15) is 31.6 Å². The minimum Gasteiger partial charge on any atom is -0.450 e. The number of thiophene rings is 1. The zero-order valence-corrected chi connectivity index (χ0v) is 15.4. The predicted molar refractivity (Wildman–Crippen MR) is 98.8 cm³/mol. The van der Waals surface area contributed by atoms with Crippen LogP contribution in [0.5, 0.6) is 0 Å². The van der Waals surface area contributed by atoms with Crippen LogP contribution in [-0.2, 0) is 11.2 Å². The topological polar surface area (TPSA) is 66.0 Å². The first-order chi connectivity index (χ1) is 11.7. The monoisotopic (exact) mass is 352 g/mol. The molecule has 1 aliphatic heterocycles. The van der Waals surface area contributed by atoms with E-state index in [1.807, 2.05) is 6.92 Å². The van der Waals surface area contributed by atoms with Crippen LogP contribution in [0, 0.1) is 0 Å².